The molecule has 0 aromatic heterocycles. The maximum absolute atomic E-state index is 11.4. The fourth-order valence-corrected chi connectivity index (χ4v) is 1.33. The molecule has 1 rings (SSSR count). The quantitative estimate of drug-likeness (QED) is 0.565. The van der Waals surface area contributed by atoms with Crippen LogP contribution in [0.5, 0.6) is 0 Å². The second-order valence-electron chi connectivity index (χ2n) is 4.37. The molecular weight excluding hydrogens is 180 g/mol. The van der Waals surface area contributed by atoms with E-state index in [2.05, 4.69) is 5.32 Å². The molecule has 0 spiro atoms. The van der Waals surface area contributed by atoms with Crippen LogP contribution >= 0.6 is 0 Å². The number of amides is 1. The number of hydrogen-bond donors (Lipinski definition) is 3. The third-order valence-corrected chi connectivity index (χ3v) is 2.83. The van der Waals surface area contributed by atoms with Crippen LogP contribution in [0, 0.1) is 5.92 Å². The second-order valence-corrected chi connectivity index (χ2v) is 4.37. The van der Waals surface area contributed by atoms with E-state index in [1.54, 1.807) is 0 Å². The predicted molar refractivity (Wildman–Crippen MR) is 54.6 cm³/mol. The molecule has 4 N–H and O–H groups in total. The van der Waals surface area contributed by atoms with Gasteiger partial charge in [0.05, 0.1) is 12.1 Å². The smallest absolute Gasteiger partial charge is 0.220 e. The Morgan fingerprint density at radius 1 is 1.64 bits per heavy atom. The Morgan fingerprint density at radius 3 is 2.71 bits per heavy atom. The van der Waals surface area contributed by atoms with Crippen molar-refractivity contribution in [3.05, 3.63) is 0 Å². The van der Waals surface area contributed by atoms with E-state index in [-0.39, 0.29) is 18.1 Å². The monoisotopic (exact) mass is 200 g/mol. The molecule has 0 aromatic rings. The zero-order chi connectivity index (χ0) is 10.6. The molecule has 0 radical (unpaired) electrons. The predicted octanol–water partition coefficient (Wildman–Crippen LogP) is 0.00250. The lowest BCUT2D eigenvalue weighted by molar-refractivity contribution is -0.122. The molecule has 1 aliphatic carbocycles. The standard InChI is InChI=1S/C10H20N2O2/c1-8(6-11)2-3-9(14)12-10(7-13)4-5-10/h8,13H,2-7,11H2,1H3,(H,12,14). The van der Waals surface area contributed by atoms with Gasteiger partial charge < -0.3 is 16.2 Å². The number of nitrogens with two attached hydrogens (primary N) is 1. The summed E-state index contributed by atoms with van der Waals surface area (Å²) in [6, 6.07) is 0. The van der Waals surface area contributed by atoms with Gasteiger partial charge in [0, 0.05) is 6.42 Å². The molecule has 1 amide bonds. The lowest BCUT2D eigenvalue weighted by Gasteiger charge is -2.15. The minimum Gasteiger partial charge on any atom is -0.394 e. The fourth-order valence-electron chi connectivity index (χ4n) is 1.33. The van der Waals surface area contributed by atoms with Gasteiger partial charge in [-0.2, -0.15) is 0 Å². The van der Waals surface area contributed by atoms with Crippen LogP contribution in [-0.2, 0) is 4.79 Å². The zero-order valence-electron chi connectivity index (χ0n) is 8.75. The number of nitrogens with one attached hydrogen (secondary N) is 1. The van der Waals surface area contributed by atoms with Crippen LogP contribution in [0.25, 0.3) is 0 Å². The minimum absolute atomic E-state index is 0.0388. The van der Waals surface area contributed by atoms with Crippen molar-refractivity contribution in [2.45, 2.75) is 38.1 Å². The molecular formula is C10H20N2O2. The molecule has 0 saturated heterocycles. The Kier molecular flexibility index (Phi) is 3.89. The van der Waals surface area contributed by atoms with Gasteiger partial charge in [0.25, 0.3) is 0 Å². The average molecular weight is 200 g/mol. The maximum Gasteiger partial charge on any atom is 0.220 e. The van der Waals surface area contributed by atoms with E-state index in [0.29, 0.717) is 18.9 Å². The molecule has 1 fully saturated rings. The number of hydrogen-bond acceptors (Lipinski definition) is 3. The molecule has 4 heteroatoms. The Morgan fingerprint density at radius 2 is 2.29 bits per heavy atom. The van der Waals surface area contributed by atoms with Gasteiger partial charge in [-0.15, -0.1) is 0 Å². The molecule has 1 unspecified atom stereocenters. The zero-order valence-corrected chi connectivity index (χ0v) is 8.75. The SMILES string of the molecule is CC(CN)CCC(=O)NC1(CO)CC1. The summed E-state index contributed by atoms with van der Waals surface area (Å²) in [4.78, 5) is 11.4. The normalized spacial score (nSPS) is 20.2. The number of aliphatic hydroxyl groups excluding tert-OH is 1. The van der Waals surface area contributed by atoms with Gasteiger partial charge in [-0.25, -0.2) is 0 Å². The van der Waals surface area contributed by atoms with Crippen LogP contribution in [-0.4, -0.2) is 29.7 Å². The highest BCUT2D eigenvalue weighted by molar-refractivity contribution is 5.77. The minimum atomic E-state index is -0.275. The average Bonchev–Trinajstić information content (AvgIpc) is 2.95. The first kappa shape index (κ1) is 11.5. The Hall–Kier alpha value is -0.610. The summed E-state index contributed by atoms with van der Waals surface area (Å²) >= 11 is 0. The van der Waals surface area contributed by atoms with Gasteiger partial charge in [0.15, 0.2) is 0 Å². The van der Waals surface area contributed by atoms with E-state index in [9.17, 15) is 4.79 Å². The maximum atomic E-state index is 11.4. The third-order valence-electron chi connectivity index (χ3n) is 2.83. The summed E-state index contributed by atoms with van der Waals surface area (Å²) in [5, 5.41) is 11.9. The number of carbonyl (C=O) groups is 1. The Balaban J connectivity index is 2.16. The molecule has 0 bridgehead atoms. The van der Waals surface area contributed by atoms with Crippen molar-refractivity contribution in [3.8, 4) is 0 Å². The van der Waals surface area contributed by atoms with Crippen LogP contribution in [0.2, 0.25) is 0 Å². The topological polar surface area (TPSA) is 75.4 Å². The van der Waals surface area contributed by atoms with Crippen LogP contribution in [0.1, 0.15) is 32.6 Å². The van der Waals surface area contributed by atoms with Crippen LogP contribution in [0.4, 0.5) is 0 Å². The van der Waals surface area contributed by atoms with Crippen LogP contribution in [0.15, 0.2) is 0 Å². The first-order chi connectivity index (χ1) is 6.62. The van der Waals surface area contributed by atoms with Crippen molar-refractivity contribution in [2.75, 3.05) is 13.2 Å². The third kappa shape index (κ3) is 3.27. The molecule has 0 heterocycles. The van der Waals surface area contributed by atoms with Crippen molar-refractivity contribution in [1.29, 1.82) is 0 Å². The first-order valence-corrected chi connectivity index (χ1v) is 5.24. The fraction of sp³-hybridized carbons (Fsp3) is 0.900. The summed E-state index contributed by atoms with van der Waals surface area (Å²) in [6.07, 6.45) is 3.15. The van der Waals surface area contributed by atoms with Gasteiger partial charge in [0.2, 0.25) is 5.91 Å². The van der Waals surface area contributed by atoms with E-state index in [0.717, 1.165) is 19.3 Å². The molecule has 82 valence electrons. The molecule has 4 nitrogen and oxygen atoms in total. The van der Waals surface area contributed by atoms with Crippen molar-refractivity contribution in [2.24, 2.45) is 11.7 Å². The van der Waals surface area contributed by atoms with Crippen LogP contribution in [0.3, 0.4) is 0 Å². The van der Waals surface area contributed by atoms with E-state index in [1.165, 1.54) is 0 Å². The Labute approximate surface area is 84.9 Å². The van der Waals surface area contributed by atoms with E-state index in [4.69, 9.17) is 10.8 Å². The number of aliphatic hydroxyl groups is 1. The molecule has 14 heavy (non-hydrogen) atoms. The number of carbonyl (C=O) groups excluding carboxylic acids is 1. The highest BCUT2D eigenvalue weighted by Gasteiger charge is 2.43. The lowest BCUT2D eigenvalue weighted by Crippen LogP contribution is -2.39. The van der Waals surface area contributed by atoms with Gasteiger partial charge >= 0.3 is 0 Å². The molecule has 0 aromatic carbocycles. The van der Waals surface area contributed by atoms with Crippen molar-refractivity contribution < 1.29 is 9.90 Å². The van der Waals surface area contributed by atoms with Crippen molar-refractivity contribution >= 4 is 5.91 Å². The van der Waals surface area contributed by atoms with Gasteiger partial charge in [-0.05, 0) is 31.7 Å². The largest absolute Gasteiger partial charge is 0.394 e. The summed E-state index contributed by atoms with van der Waals surface area (Å²) in [6.45, 7) is 2.72. The highest BCUT2D eigenvalue weighted by Crippen LogP contribution is 2.34. The second kappa shape index (κ2) is 4.75. The van der Waals surface area contributed by atoms with E-state index in [1.807, 2.05) is 6.92 Å². The first-order valence-electron chi connectivity index (χ1n) is 5.24. The van der Waals surface area contributed by atoms with E-state index < -0.39 is 0 Å². The van der Waals surface area contributed by atoms with Gasteiger partial charge in [-0.3, -0.25) is 4.79 Å². The summed E-state index contributed by atoms with van der Waals surface area (Å²) in [7, 11) is 0. The molecule has 1 aliphatic rings. The molecule has 0 aliphatic heterocycles. The van der Waals surface area contributed by atoms with Crippen LogP contribution < -0.4 is 11.1 Å². The molecule has 1 atom stereocenters. The number of rotatable bonds is 6. The van der Waals surface area contributed by atoms with Gasteiger partial charge in [0.1, 0.15) is 0 Å². The van der Waals surface area contributed by atoms with Crippen molar-refractivity contribution in [1.82, 2.24) is 5.32 Å². The van der Waals surface area contributed by atoms with Gasteiger partial charge in [-0.1, -0.05) is 6.92 Å². The summed E-state index contributed by atoms with van der Waals surface area (Å²) in [5.74, 6) is 0.432. The molecule has 1 saturated carbocycles. The highest BCUT2D eigenvalue weighted by atomic mass is 16.3. The summed E-state index contributed by atoms with van der Waals surface area (Å²) in [5.41, 5.74) is 5.18. The van der Waals surface area contributed by atoms with E-state index >= 15 is 0 Å². The van der Waals surface area contributed by atoms with Crippen molar-refractivity contribution in [3.63, 3.8) is 0 Å². The summed E-state index contributed by atoms with van der Waals surface area (Å²) < 4.78 is 0. The Bertz CT molecular complexity index is 202. The lowest BCUT2D eigenvalue weighted by atomic mass is 10.1.